The van der Waals surface area contributed by atoms with E-state index in [2.05, 4.69) is 30.5 Å². The number of hydrogen-bond donors (Lipinski definition) is 3. The van der Waals surface area contributed by atoms with Gasteiger partial charge in [-0.15, -0.1) is 0 Å². The fourth-order valence-electron chi connectivity index (χ4n) is 5.98. The Balaban J connectivity index is 1.21. The van der Waals surface area contributed by atoms with E-state index < -0.39 is 15.7 Å². The molecule has 0 saturated heterocycles. The number of fused-ring (bicyclic) bond motifs is 2. The number of pyridine rings is 3. The fraction of sp³-hybridized carbons (Fsp3) is 0.273. The maximum atomic E-state index is 14.6. The highest BCUT2D eigenvalue weighted by molar-refractivity contribution is 7.90. The number of aromatic amines is 2. The number of H-pyrrole nitrogens is 2. The van der Waals surface area contributed by atoms with Gasteiger partial charge in [-0.3, -0.25) is 19.9 Å². The van der Waals surface area contributed by atoms with Gasteiger partial charge in [0, 0.05) is 35.7 Å². The van der Waals surface area contributed by atoms with Crippen molar-refractivity contribution in [1.82, 2.24) is 35.1 Å². The van der Waals surface area contributed by atoms with Crippen LogP contribution in [0.1, 0.15) is 37.7 Å². The number of aryl methyl sites for hydroxylation is 1. The lowest BCUT2D eigenvalue weighted by molar-refractivity contribution is -0.120. The Morgan fingerprint density at radius 3 is 2.61 bits per heavy atom. The zero-order valence-electron chi connectivity index (χ0n) is 25.0. The summed E-state index contributed by atoms with van der Waals surface area (Å²) in [5, 5.41) is 10.5. The van der Waals surface area contributed by atoms with Crippen LogP contribution in [0.2, 0.25) is 0 Å². The summed E-state index contributed by atoms with van der Waals surface area (Å²) < 4.78 is 38.0. The number of nitrogens with zero attached hydrogens (tertiary/aromatic N) is 5. The van der Waals surface area contributed by atoms with Crippen LogP contribution in [0.5, 0.6) is 0 Å². The summed E-state index contributed by atoms with van der Waals surface area (Å²) in [5.41, 5.74) is 6.45. The number of sulfone groups is 1. The maximum absolute atomic E-state index is 14.6. The van der Waals surface area contributed by atoms with E-state index in [-0.39, 0.29) is 24.0 Å². The van der Waals surface area contributed by atoms with E-state index in [1.54, 1.807) is 30.7 Å². The molecule has 1 saturated carbocycles. The van der Waals surface area contributed by atoms with E-state index in [0.29, 0.717) is 61.8 Å². The van der Waals surface area contributed by atoms with Gasteiger partial charge in [-0.05, 0) is 67.3 Å². The molecule has 1 aromatic carbocycles. The quantitative estimate of drug-likeness (QED) is 0.187. The predicted octanol–water partition coefficient (Wildman–Crippen LogP) is 5.87. The summed E-state index contributed by atoms with van der Waals surface area (Å²) >= 11 is 0. The lowest BCUT2D eigenvalue weighted by Crippen LogP contribution is -2.24. The molecule has 0 spiro atoms. The van der Waals surface area contributed by atoms with Crippen LogP contribution in [0.25, 0.3) is 56.1 Å². The van der Waals surface area contributed by atoms with E-state index in [4.69, 9.17) is 9.97 Å². The van der Waals surface area contributed by atoms with Crippen molar-refractivity contribution in [1.29, 1.82) is 0 Å². The Morgan fingerprint density at radius 2 is 1.78 bits per heavy atom. The second-order valence-electron chi connectivity index (χ2n) is 11.8. The molecule has 1 aliphatic rings. The first-order chi connectivity index (χ1) is 22.2. The van der Waals surface area contributed by atoms with Gasteiger partial charge in [0.15, 0.2) is 11.5 Å². The van der Waals surface area contributed by atoms with E-state index in [0.717, 1.165) is 37.5 Å². The molecule has 1 aliphatic carbocycles. The normalized spacial score (nSPS) is 14.2. The fourth-order valence-corrected chi connectivity index (χ4v) is 6.58. The maximum Gasteiger partial charge on any atom is 0.227 e. The number of nitrogens with one attached hydrogen (secondary N) is 3. The SMILES string of the molecule is CS(=O)(=O)CCc1cc(F)cc(-c2nccc3[nH]c(-c4n[nH]c5ccc(-c6cncc(NC(=O)C7CCCCC7)c6)nc45)nc23)c1. The lowest BCUT2D eigenvalue weighted by Gasteiger charge is -2.20. The lowest BCUT2D eigenvalue weighted by atomic mass is 9.88. The molecule has 5 heterocycles. The number of hydrogen-bond acceptors (Lipinski definition) is 8. The minimum atomic E-state index is -3.21. The number of aromatic nitrogens is 7. The van der Waals surface area contributed by atoms with Gasteiger partial charge in [0.25, 0.3) is 0 Å². The molecule has 13 heteroatoms. The number of anilines is 1. The molecule has 0 unspecified atom stereocenters. The molecule has 0 radical (unpaired) electrons. The van der Waals surface area contributed by atoms with Crippen LogP contribution in [0.15, 0.2) is 61.1 Å². The van der Waals surface area contributed by atoms with Crippen molar-refractivity contribution in [3.63, 3.8) is 0 Å². The summed E-state index contributed by atoms with van der Waals surface area (Å²) in [6.07, 6.45) is 11.4. The molecular weight excluding hydrogens is 607 g/mol. The molecule has 7 rings (SSSR count). The van der Waals surface area contributed by atoms with Crippen molar-refractivity contribution < 1.29 is 17.6 Å². The van der Waals surface area contributed by atoms with Gasteiger partial charge in [0.2, 0.25) is 5.91 Å². The average molecular weight is 639 g/mol. The smallest absolute Gasteiger partial charge is 0.227 e. The van der Waals surface area contributed by atoms with E-state index in [9.17, 15) is 17.6 Å². The number of benzene rings is 1. The van der Waals surface area contributed by atoms with Crippen LogP contribution in [-0.4, -0.2) is 61.5 Å². The highest BCUT2D eigenvalue weighted by atomic mass is 32.2. The third kappa shape index (κ3) is 6.23. The number of carbonyl (C=O) groups excluding carboxylic acids is 1. The van der Waals surface area contributed by atoms with Gasteiger partial charge in [0.1, 0.15) is 26.7 Å². The molecular formula is C33H31FN8O3S. The largest absolute Gasteiger partial charge is 0.336 e. The van der Waals surface area contributed by atoms with E-state index in [1.807, 2.05) is 18.2 Å². The van der Waals surface area contributed by atoms with E-state index in [1.165, 1.54) is 18.6 Å². The number of amides is 1. The first-order valence-electron chi connectivity index (χ1n) is 15.1. The molecule has 0 bridgehead atoms. The Labute approximate surface area is 264 Å². The highest BCUT2D eigenvalue weighted by Gasteiger charge is 2.22. The average Bonchev–Trinajstić information content (AvgIpc) is 3.68. The summed E-state index contributed by atoms with van der Waals surface area (Å²) in [7, 11) is -3.21. The molecule has 0 aliphatic heterocycles. The van der Waals surface area contributed by atoms with Crippen LogP contribution in [0.4, 0.5) is 10.1 Å². The Hall–Kier alpha value is -5.04. The van der Waals surface area contributed by atoms with Crippen LogP contribution < -0.4 is 5.32 Å². The Morgan fingerprint density at radius 1 is 0.957 bits per heavy atom. The molecule has 0 atom stereocenters. The molecule has 46 heavy (non-hydrogen) atoms. The molecule has 6 aromatic rings. The van der Waals surface area contributed by atoms with Crippen molar-refractivity contribution in [3.8, 4) is 34.0 Å². The van der Waals surface area contributed by atoms with Gasteiger partial charge >= 0.3 is 0 Å². The number of halogens is 1. The standard InChI is InChI=1S/C33H31FN8O3S/c1-46(44,45)12-10-19-13-21(15-23(34)14-19)28-29-26(9-11-36-28)39-32(40-29)31-30-27(41-42-31)8-7-25(38-30)22-16-24(18-35-17-22)37-33(43)20-5-3-2-4-6-20/h7-9,11,13-18,20H,2-6,10,12H2,1H3,(H,37,43)(H,39,40)(H,41,42). The first kappa shape index (κ1) is 29.7. The first-order valence-corrected chi connectivity index (χ1v) is 17.2. The highest BCUT2D eigenvalue weighted by Crippen LogP contribution is 2.32. The van der Waals surface area contributed by atoms with Crippen LogP contribution in [0, 0.1) is 11.7 Å². The van der Waals surface area contributed by atoms with Crippen molar-refractivity contribution in [3.05, 3.63) is 72.4 Å². The zero-order chi connectivity index (χ0) is 31.8. The second kappa shape index (κ2) is 12.0. The predicted molar refractivity (Wildman–Crippen MR) is 174 cm³/mol. The molecule has 5 aromatic heterocycles. The molecule has 3 N–H and O–H groups in total. The van der Waals surface area contributed by atoms with Gasteiger partial charge < -0.3 is 10.3 Å². The zero-order valence-corrected chi connectivity index (χ0v) is 25.9. The summed E-state index contributed by atoms with van der Waals surface area (Å²) in [4.78, 5) is 34.6. The molecule has 234 valence electrons. The Bertz CT molecular complexity index is 2210. The summed E-state index contributed by atoms with van der Waals surface area (Å²) in [5.74, 6) is -0.0706. The van der Waals surface area contributed by atoms with Crippen molar-refractivity contribution in [2.24, 2.45) is 5.92 Å². The van der Waals surface area contributed by atoms with E-state index >= 15 is 0 Å². The third-order valence-electron chi connectivity index (χ3n) is 8.30. The number of rotatable bonds is 8. The Kier molecular flexibility index (Phi) is 7.77. The van der Waals surface area contributed by atoms with Crippen LogP contribution >= 0.6 is 0 Å². The van der Waals surface area contributed by atoms with Crippen molar-refractivity contribution >= 4 is 43.5 Å². The monoisotopic (exact) mass is 638 g/mol. The van der Waals surface area contributed by atoms with Gasteiger partial charge in [0.05, 0.1) is 40.1 Å². The van der Waals surface area contributed by atoms with Crippen LogP contribution in [0.3, 0.4) is 0 Å². The number of carbonyl (C=O) groups is 1. The minimum Gasteiger partial charge on any atom is -0.336 e. The van der Waals surface area contributed by atoms with Crippen LogP contribution in [-0.2, 0) is 21.1 Å². The van der Waals surface area contributed by atoms with Crippen molar-refractivity contribution in [2.45, 2.75) is 38.5 Å². The van der Waals surface area contributed by atoms with Gasteiger partial charge in [-0.2, -0.15) is 5.10 Å². The summed E-state index contributed by atoms with van der Waals surface area (Å²) in [6, 6.07) is 11.8. The van der Waals surface area contributed by atoms with Gasteiger partial charge in [-0.25, -0.2) is 22.8 Å². The van der Waals surface area contributed by atoms with Crippen molar-refractivity contribution in [2.75, 3.05) is 17.3 Å². The minimum absolute atomic E-state index is 0.0290. The topological polar surface area (TPSA) is 159 Å². The number of imidazole rings is 1. The molecule has 11 nitrogen and oxygen atoms in total. The second-order valence-corrected chi connectivity index (χ2v) is 14.1. The summed E-state index contributed by atoms with van der Waals surface area (Å²) in [6.45, 7) is 0. The molecule has 1 fully saturated rings. The third-order valence-corrected chi connectivity index (χ3v) is 9.25. The van der Waals surface area contributed by atoms with Gasteiger partial charge in [-0.1, -0.05) is 19.3 Å². The molecule has 1 amide bonds.